The lowest BCUT2D eigenvalue weighted by Gasteiger charge is -2.12. The number of benzene rings is 4. The number of aryl methyl sites for hydroxylation is 2. The van der Waals surface area contributed by atoms with Crippen molar-refractivity contribution in [3.63, 3.8) is 0 Å². The molecule has 0 heterocycles. The average Bonchev–Trinajstić information content (AvgIpc) is 2.91. The van der Waals surface area contributed by atoms with Crippen LogP contribution in [-0.4, -0.2) is 25.6 Å². The molecule has 4 aromatic carbocycles. The normalized spacial score (nSPS) is 11.3. The molecule has 0 unspecified atom stereocenters. The van der Waals surface area contributed by atoms with Crippen LogP contribution in [0.5, 0.6) is 11.5 Å². The predicted molar refractivity (Wildman–Crippen MR) is 150 cm³/mol. The van der Waals surface area contributed by atoms with E-state index in [9.17, 15) is 0 Å². The molecular weight excluding hydrogens is 444 g/mol. The summed E-state index contributed by atoms with van der Waals surface area (Å²) < 4.78 is 12.2. The monoisotopic (exact) mass is 476 g/mol. The summed E-state index contributed by atoms with van der Waals surface area (Å²) in [4.78, 5) is 9.28. The van der Waals surface area contributed by atoms with E-state index in [1.807, 2.05) is 97.4 Å². The van der Waals surface area contributed by atoms with E-state index in [1.54, 1.807) is 0 Å². The molecule has 0 atom stereocenters. The molecule has 4 rings (SSSR count). The van der Waals surface area contributed by atoms with Gasteiger partial charge in [-0.25, -0.2) is 0 Å². The fraction of sp³-hybridized carbons (Fsp3) is 0.188. The van der Waals surface area contributed by atoms with Gasteiger partial charge in [0.15, 0.2) is 0 Å². The molecular formula is C32H32N2O2. The Morgan fingerprint density at radius 3 is 1.39 bits per heavy atom. The van der Waals surface area contributed by atoms with Crippen molar-refractivity contribution >= 4 is 23.8 Å². The fourth-order valence-corrected chi connectivity index (χ4v) is 3.62. The Kier molecular flexibility index (Phi) is 9.04. The van der Waals surface area contributed by atoms with Crippen molar-refractivity contribution in [2.45, 2.75) is 26.7 Å². The van der Waals surface area contributed by atoms with Gasteiger partial charge in [-0.1, -0.05) is 72.8 Å². The summed E-state index contributed by atoms with van der Waals surface area (Å²) in [5.41, 5.74) is 6.09. The molecule has 0 aromatic heterocycles. The van der Waals surface area contributed by atoms with Crippen molar-refractivity contribution in [3.8, 4) is 11.5 Å². The van der Waals surface area contributed by atoms with Gasteiger partial charge in [0.2, 0.25) is 0 Å². The van der Waals surface area contributed by atoms with Gasteiger partial charge in [0, 0.05) is 12.4 Å². The Labute approximate surface area is 214 Å². The molecule has 0 saturated heterocycles. The number of aliphatic imine (C=N–C) groups is 2. The van der Waals surface area contributed by atoms with Crippen molar-refractivity contribution in [2.24, 2.45) is 9.98 Å². The molecule has 4 nitrogen and oxygen atoms in total. The molecule has 36 heavy (non-hydrogen) atoms. The standard InChI is InChI=1S/C32H32N2O2/c1-25-15-17-29(33-23-27-11-5-3-6-12-27)31(21-25)35-19-9-10-20-36-32-22-26(2)16-18-30(32)34-24-28-13-7-4-8-14-28/h3-8,11-18,21-24H,9-10,19-20H2,1-2H3. The van der Waals surface area contributed by atoms with Crippen LogP contribution in [0.1, 0.15) is 35.1 Å². The van der Waals surface area contributed by atoms with Crippen LogP contribution >= 0.6 is 0 Å². The van der Waals surface area contributed by atoms with Crippen LogP contribution < -0.4 is 9.47 Å². The third kappa shape index (κ3) is 7.67. The second kappa shape index (κ2) is 13.1. The summed E-state index contributed by atoms with van der Waals surface area (Å²) in [7, 11) is 0. The van der Waals surface area contributed by atoms with Gasteiger partial charge in [0.25, 0.3) is 0 Å². The molecule has 0 spiro atoms. The Morgan fingerprint density at radius 2 is 0.972 bits per heavy atom. The molecule has 4 heteroatoms. The SMILES string of the molecule is Cc1ccc(N=Cc2ccccc2)c(OCCCCOc2cc(C)ccc2N=Cc2ccccc2)c1. The summed E-state index contributed by atoms with van der Waals surface area (Å²) >= 11 is 0. The maximum Gasteiger partial charge on any atom is 0.145 e. The van der Waals surface area contributed by atoms with Crippen LogP contribution in [-0.2, 0) is 0 Å². The highest BCUT2D eigenvalue weighted by atomic mass is 16.5. The van der Waals surface area contributed by atoms with Crippen LogP contribution in [0.25, 0.3) is 0 Å². The lowest BCUT2D eigenvalue weighted by atomic mass is 10.2. The smallest absolute Gasteiger partial charge is 0.145 e. The Balaban J connectivity index is 1.28. The van der Waals surface area contributed by atoms with Gasteiger partial charge in [0.05, 0.1) is 13.2 Å². The first-order chi connectivity index (χ1) is 17.7. The van der Waals surface area contributed by atoms with Crippen molar-refractivity contribution < 1.29 is 9.47 Å². The number of rotatable bonds is 11. The second-order valence-electron chi connectivity index (χ2n) is 8.68. The van der Waals surface area contributed by atoms with Gasteiger partial charge in [-0.15, -0.1) is 0 Å². The zero-order chi connectivity index (χ0) is 25.0. The minimum absolute atomic E-state index is 0.605. The van der Waals surface area contributed by atoms with Crippen molar-refractivity contribution in [3.05, 3.63) is 119 Å². The summed E-state index contributed by atoms with van der Waals surface area (Å²) in [6.45, 7) is 5.33. The Morgan fingerprint density at radius 1 is 0.556 bits per heavy atom. The van der Waals surface area contributed by atoms with Crippen LogP contribution in [0.3, 0.4) is 0 Å². The van der Waals surface area contributed by atoms with Crippen LogP contribution in [0.4, 0.5) is 11.4 Å². The zero-order valence-electron chi connectivity index (χ0n) is 20.9. The molecule has 0 aliphatic carbocycles. The highest BCUT2D eigenvalue weighted by Crippen LogP contribution is 2.30. The maximum absolute atomic E-state index is 6.10. The summed E-state index contributed by atoms with van der Waals surface area (Å²) in [6, 6.07) is 32.3. The third-order valence-corrected chi connectivity index (χ3v) is 5.59. The topological polar surface area (TPSA) is 43.2 Å². The van der Waals surface area contributed by atoms with Gasteiger partial charge < -0.3 is 9.47 Å². The van der Waals surface area contributed by atoms with E-state index in [0.717, 1.165) is 58.0 Å². The van der Waals surface area contributed by atoms with E-state index in [0.29, 0.717) is 13.2 Å². The highest BCUT2D eigenvalue weighted by molar-refractivity contribution is 5.83. The second-order valence-corrected chi connectivity index (χ2v) is 8.68. The first-order valence-corrected chi connectivity index (χ1v) is 12.3. The first kappa shape index (κ1) is 24.9. The van der Waals surface area contributed by atoms with Crippen LogP contribution in [0.15, 0.2) is 107 Å². The summed E-state index contributed by atoms with van der Waals surface area (Å²) in [6.07, 6.45) is 5.49. The molecule has 4 aromatic rings. The van der Waals surface area contributed by atoms with E-state index in [-0.39, 0.29) is 0 Å². The molecule has 0 bridgehead atoms. The van der Waals surface area contributed by atoms with Gasteiger partial charge in [-0.2, -0.15) is 0 Å². The van der Waals surface area contributed by atoms with Gasteiger partial charge in [-0.3, -0.25) is 9.98 Å². The number of hydrogen-bond acceptors (Lipinski definition) is 4. The lowest BCUT2D eigenvalue weighted by molar-refractivity contribution is 0.267. The molecule has 0 saturated carbocycles. The summed E-state index contributed by atoms with van der Waals surface area (Å²) in [5, 5.41) is 0. The molecule has 0 aliphatic heterocycles. The largest absolute Gasteiger partial charge is 0.491 e. The maximum atomic E-state index is 6.10. The first-order valence-electron chi connectivity index (χ1n) is 12.3. The van der Waals surface area contributed by atoms with Crippen molar-refractivity contribution in [1.82, 2.24) is 0 Å². The van der Waals surface area contributed by atoms with E-state index < -0.39 is 0 Å². The molecule has 0 radical (unpaired) electrons. The van der Waals surface area contributed by atoms with E-state index in [1.165, 1.54) is 0 Å². The highest BCUT2D eigenvalue weighted by Gasteiger charge is 2.05. The Hall–Kier alpha value is -4.18. The molecule has 182 valence electrons. The molecule has 0 amide bonds. The molecule has 0 aliphatic rings. The van der Waals surface area contributed by atoms with Crippen molar-refractivity contribution in [2.75, 3.05) is 13.2 Å². The van der Waals surface area contributed by atoms with Gasteiger partial charge in [0.1, 0.15) is 22.9 Å². The van der Waals surface area contributed by atoms with Crippen LogP contribution in [0, 0.1) is 13.8 Å². The molecule has 0 N–H and O–H groups in total. The zero-order valence-corrected chi connectivity index (χ0v) is 20.9. The lowest BCUT2D eigenvalue weighted by Crippen LogP contribution is -2.03. The van der Waals surface area contributed by atoms with Gasteiger partial charge in [-0.05, 0) is 73.2 Å². The third-order valence-electron chi connectivity index (χ3n) is 5.59. The number of nitrogens with zero attached hydrogens (tertiary/aromatic N) is 2. The fourth-order valence-electron chi connectivity index (χ4n) is 3.62. The Bertz CT molecular complexity index is 1200. The van der Waals surface area contributed by atoms with Crippen LogP contribution in [0.2, 0.25) is 0 Å². The number of unbranched alkanes of at least 4 members (excludes halogenated alkanes) is 1. The van der Waals surface area contributed by atoms with E-state index in [2.05, 4.69) is 36.0 Å². The quantitative estimate of drug-likeness (QED) is 0.162. The minimum atomic E-state index is 0.605. The minimum Gasteiger partial charge on any atom is -0.491 e. The molecule has 0 fully saturated rings. The van der Waals surface area contributed by atoms with E-state index in [4.69, 9.17) is 9.47 Å². The predicted octanol–water partition coefficient (Wildman–Crippen LogP) is 8.04. The average molecular weight is 477 g/mol. The number of hydrogen-bond donors (Lipinski definition) is 0. The van der Waals surface area contributed by atoms with E-state index >= 15 is 0 Å². The number of ether oxygens (including phenoxy) is 2. The van der Waals surface area contributed by atoms with Gasteiger partial charge >= 0.3 is 0 Å². The van der Waals surface area contributed by atoms with Crippen molar-refractivity contribution in [1.29, 1.82) is 0 Å². The summed E-state index contributed by atoms with van der Waals surface area (Å²) in [5.74, 6) is 1.61.